The van der Waals surface area contributed by atoms with Crippen LogP contribution in [0.4, 0.5) is 0 Å². The van der Waals surface area contributed by atoms with Crippen molar-refractivity contribution in [3.63, 3.8) is 0 Å². The van der Waals surface area contributed by atoms with E-state index in [1.807, 2.05) is 36.4 Å². The maximum absolute atomic E-state index is 12.8. The van der Waals surface area contributed by atoms with Gasteiger partial charge in [-0.25, -0.2) is 4.98 Å². The largest absolute Gasteiger partial charge is 0.294 e. The van der Waals surface area contributed by atoms with Crippen molar-refractivity contribution < 1.29 is 0 Å². The molecule has 4 rings (SSSR count). The van der Waals surface area contributed by atoms with E-state index in [1.165, 1.54) is 0 Å². The van der Waals surface area contributed by atoms with Gasteiger partial charge in [-0.1, -0.05) is 39.7 Å². The Balaban J connectivity index is 1.90. The predicted molar refractivity (Wildman–Crippen MR) is 99.6 cm³/mol. The molecule has 0 aliphatic rings. The number of hydrogen-bond acceptors (Lipinski definition) is 3. The first-order chi connectivity index (χ1) is 11.6. The second-order valence-corrected chi connectivity index (χ2v) is 6.76. The molecular formula is C18H11BrClN3O. The second kappa shape index (κ2) is 6.00. The molecular weight excluding hydrogens is 390 g/mol. The van der Waals surface area contributed by atoms with Crippen molar-refractivity contribution in [2.24, 2.45) is 0 Å². The van der Waals surface area contributed by atoms with E-state index in [2.05, 4.69) is 25.9 Å². The molecule has 2 aromatic heterocycles. The highest BCUT2D eigenvalue weighted by Gasteiger charge is 2.11. The third-order valence-electron chi connectivity index (χ3n) is 3.94. The van der Waals surface area contributed by atoms with Crippen LogP contribution in [0.25, 0.3) is 21.8 Å². The summed E-state index contributed by atoms with van der Waals surface area (Å²) < 4.78 is 2.40. The van der Waals surface area contributed by atoms with E-state index >= 15 is 0 Å². The fourth-order valence-corrected chi connectivity index (χ4v) is 3.32. The standard InChI is InChI=1S/C18H11BrClN3O/c19-12-4-6-16-13(8-12)18(24)23(10-22-16)9-14-15(20)5-3-11-2-1-7-21-17(11)14/h1-8,10H,9H2. The van der Waals surface area contributed by atoms with Gasteiger partial charge in [0, 0.05) is 26.6 Å². The normalized spacial score (nSPS) is 11.2. The topological polar surface area (TPSA) is 47.8 Å². The van der Waals surface area contributed by atoms with E-state index in [4.69, 9.17) is 11.6 Å². The Bertz CT molecular complexity index is 1140. The van der Waals surface area contributed by atoms with Crippen LogP contribution in [0.1, 0.15) is 5.56 Å². The lowest BCUT2D eigenvalue weighted by Crippen LogP contribution is -2.21. The zero-order chi connectivity index (χ0) is 16.7. The summed E-state index contributed by atoms with van der Waals surface area (Å²) >= 11 is 9.76. The Morgan fingerprint density at radius 3 is 2.88 bits per heavy atom. The van der Waals surface area contributed by atoms with Crippen molar-refractivity contribution in [1.82, 2.24) is 14.5 Å². The molecule has 4 aromatic rings. The van der Waals surface area contributed by atoms with Crippen molar-refractivity contribution in [1.29, 1.82) is 0 Å². The number of nitrogens with zero attached hydrogens (tertiary/aromatic N) is 3. The van der Waals surface area contributed by atoms with Gasteiger partial charge < -0.3 is 0 Å². The van der Waals surface area contributed by atoms with Crippen molar-refractivity contribution in [2.45, 2.75) is 6.54 Å². The van der Waals surface area contributed by atoms with Crippen LogP contribution in [0.5, 0.6) is 0 Å². The Kier molecular flexibility index (Phi) is 3.82. The first kappa shape index (κ1) is 15.3. The summed E-state index contributed by atoms with van der Waals surface area (Å²) in [5.41, 5.74) is 2.17. The van der Waals surface area contributed by atoms with Crippen LogP contribution in [0.3, 0.4) is 0 Å². The van der Waals surface area contributed by atoms with Gasteiger partial charge in [-0.05, 0) is 30.3 Å². The van der Waals surface area contributed by atoms with Crippen LogP contribution in [0, 0.1) is 0 Å². The predicted octanol–water partition coefficient (Wildman–Crippen LogP) is 4.41. The van der Waals surface area contributed by atoms with Gasteiger partial charge in [-0.3, -0.25) is 14.3 Å². The summed E-state index contributed by atoms with van der Waals surface area (Å²) in [5, 5.41) is 2.14. The molecule has 0 bridgehead atoms. The Morgan fingerprint density at radius 1 is 1.12 bits per heavy atom. The molecule has 6 heteroatoms. The summed E-state index contributed by atoms with van der Waals surface area (Å²) in [4.78, 5) is 21.6. The van der Waals surface area contributed by atoms with Crippen molar-refractivity contribution in [3.8, 4) is 0 Å². The molecule has 0 aliphatic heterocycles. The zero-order valence-electron chi connectivity index (χ0n) is 12.4. The molecule has 0 saturated heterocycles. The number of benzene rings is 2. The SMILES string of the molecule is O=c1c2cc(Br)ccc2ncn1Cc1c(Cl)ccc2cccnc12. The van der Waals surface area contributed by atoms with Gasteiger partial charge in [0.15, 0.2) is 0 Å². The zero-order valence-corrected chi connectivity index (χ0v) is 14.8. The van der Waals surface area contributed by atoms with Gasteiger partial charge in [0.25, 0.3) is 5.56 Å². The van der Waals surface area contributed by atoms with Crippen LogP contribution in [0.2, 0.25) is 5.02 Å². The maximum Gasteiger partial charge on any atom is 0.261 e. The first-order valence-corrected chi connectivity index (χ1v) is 8.47. The summed E-state index contributed by atoms with van der Waals surface area (Å²) in [5.74, 6) is 0. The van der Waals surface area contributed by atoms with Crippen LogP contribution < -0.4 is 5.56 Å². The average Bonchev–Trinajstić information content (AvgIpc) is 2.60. The second-order valence-electron chi connectivity index (χ2n) is 5.44. The smallest absolute Gasteiger partial charge is 0.261 e. The van der Waals surface area contributed by atoms with E-state index in [9.17, 15) is 4.79 Å². The number of hydrogen-bond donors (Lipinski definition) is 0. The lowest BCUT2D eigenvalue weighted by atomic mass is 10.1. The highest BCUT2D eigenvalue weighted by Crippen LogP contribution is 2.25. The van der Waals surface area contributed by atoms with E-state index in [0.717, 1.165) is 20.9 Å². The molecule has 2 aromatic carbocycles. The molecule has 0 N–H and O–H groups in total. The minimum absolute atomic E-state index is 0.106. The van der Waals surface area contributed by atoms with Crippen molar-refractivity contribution in [2.75, 3.05) is 0 Å². The van der Waals surface area contributed by atoms with Crippen LogP contribution in [0.15, 0.2) is 64.3 Å². The highest BCUT2D eigenvalue weighted by molar-refractivity contribution is 9.10. The molecule has 0 unspecified atom stereocenters. The summed E-state index contributed by atoms with van der Waals surface area (Å²) in [6, 6.07) is 13.1. The summed E-state index contributed by atoms with van der Waals surface area (Å²) in [6.07, 6.45) is 3.28. The third-order valence-corrected chi connectivity index (χ3v) is 4.78. The van der Waals surface area contributed by atoms with Gasteiger partial charge in [-0.2, -0.15) is 0 Å². The number of halogens is 2. The lowest BCUT2D eigenvalue weighted by molar-refractivity contribution is 0.751. The van der Waals surface area contributed by atoms with Gasteiger partial charge in [0.2, 0.25) is 0 Å². The molecule has 0 spiro atoms. The fraction of sp³-hybridized carbons (Fsp3) is 0.0556. The maximum atomic E-state index is 12.8. The summed E-state index contributed by atoms with van der Waals surface area (Å²) in [7, 11) is 0. The quantitative estimate of drug-likeness (QED) is 0.501. The lowest BCUT2D eigenvalue weighted by Gasteiger charge is -2.11. The monoisotopic (exact) mass is 399 g/mol. The van der Waals surface area contributed by atoms with Crippen LogP contribution in [-0.2, 0) is 6.54 Å². The van der Waals surface area contributed by atoms with E-state index in [1.54, 1.807) is 23.2 Å². The molecule has 0 atom stereocenters. The number of rotatable bonds is 2. The average molecular weight is 401 g/mol. The Hall–Kier alpha value is -2.24. The molecule has 24 heavy (non-hydrogen) atoms. The van der Waals surface area contributed by atoms with Crippen LogP contribution in [-0.4, -0.2) is 14.5 Å². The minimum Gasteiger partial charge on any atom is -0.294 e. The first-order valence-electron chi connectivity index (χ1n) is 7.30. The number of fused-ring (bicyclic) bond motifs is 2. The molecule has 0 aliphatic carbocycles. The molecule has 0 saturated carbocycles. The molecule has 0 radical (unpaired) electrons. The number of pyridine rings is 1. The van der Waals surface area contributed by atoms with Crippen LogP contribution >= 0.6 is 27.5 Å². The van der Waals surface area contributed by atoms with Gasteiger partial charge in [-0.15, -0.1) is 0 Å². The van der Waals surface area contributed by atoms with Gasteiger partial charge >= 0.3 is 0 Å². The Morgan fingerprint density at radius 2 is 2.00 bits per heavy atom. The summed E-state index contributed by atoms with van der Waals surface area (Å²) in [6.45, 7) is 0.321. The molecule has 0 amide bonds. The van der Waals surface area contributed by atoms with Gasteiger partial charge in [0.05, 0.1) is 29.3 Å². The van der Waals surface area contributed by atoms with Crippen molar-refractivity contribution in [3.05, 3.63) is 80.4 Å². The van der Waals surface area contributed by atoms with E-state index in [-0.39, 0.29) is 5.56 Å². The molecule has 4 nitrogen and oxygen atoms in total. The molecule has 0 fully saturated rings. The number of aromatic nitrogens is 3. The van der Waals surface area contributed by atoms with Gasteiger partial charge in [0.1, 0.15) is 0 Å². The molecule has 2 heterocycles. The van der Waals surface area contributed by atoms with E-state index in [0.29, 0.717) is 22.5 Å². The minimum atomic E-state index is -0.106. The van der Waals surface area contributed by atoms with Crippen molar-refractivity contribution >= 4 is 49.3 Å². The fourth-order valence-electron chi connectivity index (χ4n) is 2.75. The molecule has 118 valence electrons. The highest BCUT2D eigenvalue weighted by atomic mass is 79.9. The third kappa shape index (κ3) is 2.60. The van der Waals surface area contributed by atoms with E-state index < -0.39 is 0 Å². The Labute approximate surface area is 150 Å².